The summed E-state index contributed by atoms with van der Waals surface area (Å²) in [5, 5.41) is 11.1. The summed E-state index contributed by atoms with van der Waals surface area (Å²) in [5.41, 5.74) is 5.39. The van der Waals surface area contributed by atoms with E-state index in [9.17, 15) is 48.8 Å². The van der Waals surface area contributed by atoms with Crippen LogP contribution in [0.2, 0.25) is 0 Å². The second-order valence-electron chi connectivity index (χ2n) is 17.6. The number of nitrogens with zero attached hydrogens (tertiary/aromatic N) is 3. The molecule has 0 radical (unpaired) electrons. The van der Waals surface area contributed by atoms with Crippen LogP contribution in [0.3, 0.4) is 0 Å². The number of carboxylic acid groups (broad SMARTS) is 1. The maximum absolute atomic E-state index is 12.3. The van der Waals surface area contributed by atoms with Crippen molar-refractivity contribution in [2.45, 2.75) is 89.4 Å². The van der Waals surface area contributed by atoms with E-state index in [2.05, 4.69) is 10.6 Å². The molecule has 4 N–H and O–H groups in total. The molecule has 0 unspecified atom stereocenters. The maximum Gasteiger partial charge on any atom is 0.303 e. The lowest BCUT2D eigenvalue weighted by molar-refractivity contribution is -0.438. The van der Waals surface area contributed by atoms with E-state index in [4.69, 9.17) is 16.6 Å². The summed E-state index contributed by atoms with van der Waals surface area (Å²) in [7, 11) is -12.8. The van der Waals surface area contributed by atoms with Crippen molar-refractivity contribution in [1.29, 1.82) is 0 Å². The first-order valence-corrected chi connectivity index (χ1v) is 26.4. The highest BCUT2D eigenvalue weighted by atomic mass is 35.5. The van der Waals surface area contributed by atoms with Crippen LogP contribution in [-0.4, -0.2) is 95.6 Å². The summed E-state index contributed by atoms with van der Waals surface area (Å²) in [6.45, 7) is 8.91. The minimum absolute atomic E-state index is 0.0775. The molecule has 0 atom stereocenters. The van der Waals surface area contributed by atoms with E-state index in [1.54, 1.807) is 12.3 Å². The standard InChI is InChI=1S/C47H54ClN3O11S3/c1-46(2)39-29-36(48)31-50(24-7-9-26-63(54,55)56)45(39)49-41(46)22-18-33(35-14-11-13-32(28-35)12-5-6-15-43(52)53)19-23-42-47(3,4)44-38-30-37(65(60,61)62)20-16-34(38)17-21-40(44)51(42)25-8-10-27-64(57,58)59/h11,13-14,16-23,28-31H,5-10,12,15,24-27H2,1-4H3,(H3-,52,53,54,55,56,57,58,59,60,61,62)/p+1. The largest absolute Gasteiger partial charge is 0.481 e. The number of hydrogen-bond acceptors (Lipinski definition) is 9. The Morgan fingerprint density at radius 1 is 0.846 bits per heavy atom. The maximum atomic E-state index is 12.3. The third-order valence-electron chi connectivity index (χ3n) is 12.0. The Labute approximate surface area is 386 Å². The van der Waals surface area contributed by atoms with Crippen LogP contribution >= 0.6 is 11.6 Å². The predicted octanol–water partition coefficient (Wildman–Crippen LogP) is 8.88. The van der Waals surface area contributed by atoms with Crippen LogP contribution < -0.4 is 0 Å². The normalized spacial score (nSPS) is 18.0. The van der Waals surface area contributed by atoms with Gasteiger partial charge in [-0.25, -0.2) is 4.99 Å². The number of allylic oxidation sites excluding steroid dienone is 8. The molecule has 348 valence electrons. The average molecular weight is 970 g/mol. The third kappa shape index (κ3) is 12.2. The van der Waals surface area contributed by atoms with Crippen LogP contribution in [0.1, 0.15) is 89.3 Å². The van der Waals surface area contributed by atoms with Crippen molar-refractivity contribution in [3.05, 3.63) is 124 Å². The first-order chi connectivity index (χ1) is 30.3. The van der Waals surface area contributed by atoms with Gasteiger partial charge in [0.2, 0.25) is 5.69 Å². The summed E-state index contributed by atoms with van der Waals surface area (Å²) >= 11 is 6.61. The van der Waals surface area contributed by atoms with Crippen molar-refractivity contribution in [3.8, 4) is 0 Å². The van der Waals surface area contributed by atoms with Crippen molar-refractivity contribution in [3.63, 3.8) is 0 Å². The zero-order chi connectivity index (χ0) is 47.5. The molecule has 65 heavy (non-hydrogen) atoms. The van der Waals surface area contributed by atoms with Gasteiger partial charge in [0.15, 0.2) is 5.71 Å². The van der Waals surface area contributed by atoms with Gasteiger partial charge < -0.3 is 10.0 Å². The molecular weight excluding hydrogens is 914 g/mol. The number of hydrogen-bond donors (Lipinski definition) is 4. The number of carboxylic acids is 1. The van der Waals surface area contributed by atoms with Crippen LogP contribution in [-0.2, 0) is 47.0 Å². The number of halogens is 1. The number of unbranched alkanes of at least 4 members (excludes halogenated alkanes) is 3. The fourth-order valence-electron chi connectivity index (χ4n) is 8.68. The van der Waals surface area contributed by atoms with Gasteiger partial charge in [-0.05, 0) is 116 Å². The second kappa shape index (κ2) is 19.6. The summed E-state index contributed by atoms with van der Waals surface area (Å²) in [6.07, 6.45) is 14.8. The quantitative estimate of drug-likeness (QED) is 0.0361. The summed E-state index contributed by atoms with van der Waals surface area (Å²) in [6, 6.07) is 16.3. The minimum atomic E-state index is -4.53. The lowest BCUT2D eigenvalue weighted by Gasteiger charge is -2.29. The number of fused-ring (bicyclic) bond motifs is 4. The van der Waals surface area contributed by atoms with Crippen molar-refractivity contribution in [2.24, 2.45) is 10.4 Å². The zero-order valence-electron chi connectivity index (χ0n) is 36.7. The van der Waals surface area contributed by atoms with E-state index in [0.29, 0.717) is 61.4 Å². The molecule has 3 aromatic carbocycles. The summed E-state index contributed by atoms with van der Waals surface area (Å²) in [5.74, 6) is -0.920. The van der Waals surface area contributed by atoms with Gasteiger partial charge in [0, 0.05) is 54.3 Å². The van der Waals surface area contributed by atoms with Crippen LogP contribution in [0.4, 0.5) is 5.69 Å². The Morgan fingerprint density at radius 3 is 2.22 bits per heavy atom. The average Bonchev–Trinajstić information content (AvgIpc) is 3.59. The highest BCUT2D eigenvalue weighted by Gasteiger charge is 2.46. The molecule has 0 bridgehead atoms. The van der Waals surface area contributed by atoms with Crippen molar-refractivity contribution in [2.75, 3.05) is 24.6 Å². The zero-order valence-corrected chi connectivity index (χ0v) is 39.9. The second-order valence-corrected chi connectivity index (χ2v) is 22.6. The fraction of sp³-hybridized carbons (Fsp3) is 0.383. The van der Waals surface area contributed by atoms with Gasteiger partial charge in [-0.1, -0.05) is 61.9 Å². The molecule has 18 heteroatoms. The molecule has 3 heterocycles. The van der Waals surface area contributed by atoms with Gasteiger partial charge >= 0.3 is 5.97 Å². The molecule has 0 amide bonds. The smallest absolute Gasteiger partial charge is 0.303 e. The van der Waals surface area contributed by atoms with Crippen LogP contribution in [0.25, 0.3) is 16.3 Å². The Hall–Kier alpha value is -4.75. The number of rotatable bonds is 20. The van der Waals surface area contributed by atoms with Gasteiger partial charge in [0.1, 0.15) is 12.4 Å². The van der Waals surface area contributed by atoms with Gasteiger partial charge in [-0.3, -0.25) is 18.5 Å². The van der Waals surface area contributed by atoms with Gasteiger partial charge in [0.25, 0.3) is 30.4 Å². The molecule has 0 fully saturated rings. The fourth-order valence-corrected chi connectivity index (χ4v) is 10.6. The van der Waals surface area contributed by atoms with E-state index in [-0.39, 0.29) is 29.9 Å². The van der Waals surface area contributed by atoms with E-state index in [1.807, 2.05) is 93.3 Å². The number of aliphatic imine (C=N–C) groups is 1. The highest BCUT2D eigenvalue weighted by molar-refractivity contribution is 7.86. The van der Waals surface area contributed by atoms with Crippen LogP contribution in [0.15, 0.2) is 117 Å². The first kappa shape index (κ1) is 49.7. The van der Waals surface area contributed by atoms with E-state index in [1.165, 1.54) is 12.1 Å². The van der Waals surface area contributed by atoms with E-state index >= 15 is 0 Å². The Balaban J connectivity index is 1.46. The molecular formula is C47H55ClN3O11S3+. The van der Waals surface area contributed by atoms with E-state index < -0.39 is 52.9 Å². The lowest BCUT2D eigenvalue weighted by Crippen LogP contribution is -2.32. The van der Waals surface area contributed by atoms with Crippen molar-refractivity contribution >= 4 is 81.5 Å². The summed E-state index contributed by atoms with van der Waals surface area (Å²) < 4.78 is 101. The lowest BCUT2D eigenvalue weighted by atomic mass is 9.79. The van der Waals surface area contributed by atoms with Crippen molar-refractivity contribution < 1.29 is 53.4 Å². The summed E-state index contributed by atoms with van der Waals surface area (Å²) in [4.78, 5) is 17.9. The molecule has 6 rings (SSSR count). The Morgan fingerprint density at radius 2 is 1.54 bits per heavy atom. The SMILES string of the molecule is CC1(C)C2=CC(Cl)=CN(CCCCS(=O)(=O)O)C2=N/C1=C/C=C(/C=C/C1=[N+](CCCCS(=O)(=O)O)c2ccc3ccc(S(=O)(=O)O)cc3c2C1(C)C)c1cccc(CCCCC(=O)O)c1. The van der Waals surface area contributed by atoms with Crippen molar-refractivity contribution in [1.82, 2.24) is 4.90 Å². The third-order valence-corrected chi connectivity index (χ3v) is 14.7. The van der Waals surface area contributed by atoms with Gasteiger partial charge in [-0.15, -0.1) is 0 Å². The number of aliphatic carboxylic acids is 1. The Kier molecular flexibility index (Phi) is 15.0. The number of benzene rings is 3. The molecule has 0 aromatic heterocycles. The van der Waals surface area contributed by atoms with Crippen LogP contribution in [0, 0.1) is 5.41 Å². The number of carbonyl (C=O) groups is 1. The number of amidine groups is 1. The van der Waals surface area contributed by atoms with Gasteiger partial charge in [0.05, 0.1) is 32.5 Å². The number of aryl methyl sites for hydroxylation is 1. The minimum Gasteiger partial charge on any atom is -0.481 e. The molecule has 3 aliphatic heterocycles. The molecule has 3 aliphatic rings. The monoisotopic (exact) mass is 968 g/mol. The molecule has 0 saturated carbocycles. The molecule has 0 saturated heterocycles. The molecule has 0 aliphatic carbocycles. The van der Waals surface area contributed by atoms with Gasteiger partial charge in [-0.2, -0.15) is 29.8 Å². The predicted molar refractivity (Wildman–Crippen MR) is 255 cm³/mol. The highest BCUT2D eigenvalue weighted by Crippen LogP contribution is 2.47. The molecule has 3 aromatic rings. The van der Waals surface area contributed by atoms with Crippen LogP contribution in [0.5, 0.6) is 0 Å². The molecule has 14 nitrogen and oxygen atoms in total. The van der Waals surface area contributed by atoms with E-state index in [0.717, 1.165) is 50.3 Å². The first-order valence-electron chi connectivity index (χ1n) is 21.3. The Bertz CT molecular complexity index is 2960. The topological polar surface area (TPSA) is 219 Å². The molecule has 0 spiro atoms.